The number of hydrogen-bond acceptors (Lipinski definition) is 2. The Morgan fingerprint density at radius 1 is 1.36 bits per heavy atom. The number of nitrogens with one attached hydrogen (secondary N) is 1. The minimum Gasteiger partial charge on any atom is -0.389 e. The van der Waals surface area contributed by atoms with Gasteiger partial charge in [0.1, 0.15) is 0 Å². The first-order valence-corrected chi connectivity index (χ1v) is 5.39. The molecule has 1 rings (SSSR count). The molecule has 2 N–H and O–H groups in total. The van der Waals surface area contributed by atoms with Gasteiger partial charge < -0.3 is 10.4 Å². The fourth-order valence-corrected chi connectivity index (χ4v) is 1.76. The van der Waals surface area contributed by atoms with Gasteiger partial charge in [0.2, 0.25) is 0 Å². The van der Waals surface area contributed by atoms with E-state index in [1.54, 1.807) is 13.8 Å². The van der Waals surface area contributed by atoms with Crippen molar-refractivity contribution < 1.29 is 5.11 Å². The van der Waals surface area contributed by atoms with Crippen molar-refractivity contribution in [1.29, 1.82) is 0 Å². The quantitative estimate of drug-likeness (QED) is 0.873. The van der Waals surface area contributed by atoms with Gasteiger partial charge in [-0.2, -0.15) is 0 Å². The lowest BCUT2D eigenvalue weighted by atomic mass is 10.1. The van der Waals surface area contributed by atoms with Gasteiger partial charge >= 0.3 is 0 Å². The number of rotatable bonds is 3. The number of anilines is 1. The molecule has 1 aromatic carbocycles. The Balaban J connectivity index is 2.68. The van der Waals surface area contributed by atoms with Crippen LogP contribution in [0.15, 0.2) is 22.7 Å². The van der Waals surface area contributed by atoms with Crippen molar-refractivity contribution in [3.63, 3.8) is 0 Å². The van der Waals surface area contributed by atoms with Gasteiger partial charge in [-0.05, 0) is 44.5 Å². The van der Waals surface area contributed by atoms with Crippen LogP contribution in [0.4, 0.5) is 5.69 Å². The standard InChI is InChI=1S/C11H16BrNO/c1-8-4-9(12)6-10(5-8)13-7-11(2,3)14/h4-6,13-14H,7H2,1-3H3. The Morgan fingerprint density at radius 2 is 2.00 bits per heavy atom. The van der Waals surface area contributed by atoms with E-state index in [1.807, 2.05) is 13.0 Å². The van der Waals surface area contributed by atoms with Crippen LogP contribution in [-0.4, -0.2) is 17.3 Å². The van der Waals surface area contributed by atoms with E-state index in [9.17, 15) is 5.11 Å². The maximum atomic E-state index is 9.54. The summed E-state index contributed by atoms with van der Waals surface area (Å²) in [6.45, 7) is 6.15. The molecule has 0 aliphatic rings. The molecule has 0 radical (unpaired) electrons. The predicted molar refractivity (Wildman–Crippen MR) is 63.7 cm³/mol. The summed E-state index contributed by atoms with van der Waals surface area (Å²) in [5, 5.41) is 12.7. The number of hydrogen-bond donors (Lipinski definition) is 2. The first kappa shape index (κ1) is 11.5. The maximum Gasteiger partial charge on any atom is 0.0763 e. The van der Waals surface area contributed by atoms with Crippen LogP contribution < -0.4 is 5.32 Å². The van der Waals surface area contributed by atoms with E-state index in [-0.39, 0.29) is 0 Å². The Labute approximate surface area is 93.5 Å². The molecule has 3 heteroatoms. The third-order valence-corrected chi connectivity index (χ3v) is 2.23. The second-order valence-corrected chi connectivity index (χ2v) is 5.10. The van der Waals surface area contributed by atoms with Crippen molar-refractivity contribution in [3.05, 3.63) is 28.2 Å². The Morgan fingerprint density at radius 3 is 2.50 bits per heavy atom. The van der Waals surface area contributed by atoms with Gasteiger partial charge in [0.05, 0.1) is 5.60 Å². The van der Waals surface area contributed by atoms with Crippen LogP contribution in [0.25, 0.3) is 0 Å². The Hall–Kier alpha value is -0.540. The van der Waals surface area contributed by atoms with E-state index in [0.717, 1.165) is 10.2 Å². The van der Waals surface area contributed by atoms with Crippen LogP contribution in [0.2, 0.25) is 0 Å². The lowest BCUT2D eigenvalue weighted by molar-refractivity contribution is 0.0945. The zero-order valence-corrected chi connectivity index (χ0v) is 10.4. The number of aryl methyl sites for hydroxylation is 1. The lowest BCUT2D eigenvalue weighted by Gasteiger charge is -2.18. The van der Waals surface area contributed by atoms with E-state index in [0.29, 0.717) is 6.54 Å². The summed E-state index contributed by atoms with van der Waals surface area (Å²) in [4.78, 5) is 0. The number of benzene rings is 1. The average molecular weight is 258 g/mol. The summed E-state index contributed by atoms with van der Waals surface area (Å²) in [5.41, 5.74) is 1.53. The van der Waals surface area contributed by atoms with Gasteiger partial charge in [-0.1, -0.05) is 15.9 Å². The fraction of sp³-hybridized carbons (Fsp3) is 0.455. The summed E-state index contributed by atoms with van der Waals surface area (Å²) in [6, 6.07) is 6.10. The smallest absolute Gasteiger partial charge is 0.0763 e. The molecular formula is C11H16BrNO. The van der Waals surface area contributed by atoms with Crippen molar-refractivity contribution in [2.24, 2.45) is 0 Å². The SMILES string of the molecule is Cc1cc(Br)cc(NCC(C)(C)O)c1. The largest absolute Gasteiger partial charge is 0.389 e. The molecule has 0 fully saturated rings. The van der Waals surface area contributed by atoms with Crippen molar-refractivity contribution >= 4 is 21.6 Å². The third kappa shape index (κ3) is 4.11. The highest BCUT2D eigenvalue weighted by atomic mass is 79.9. The van der Waals surface area contributed by atoms with Crippen LogP contribution >= 0.6 is 15.9 Å². The van der Waals surface area contributed by atoms with Gasteiger partial charge in [0.25, 0.3) is 0 Å². The van der Waals surface area contributed by atoms with Gasteiger partial charge in [-0.15, -0.1) is 0 Å². The van der Waals surface area contributed by atoms with Crippen LogP contribution in [0, 0.1) is 6.92 Å². The second-order valence-electron chi connectivity index (χ2n) is 4.18. The lowest BCUT2D eigenvalue weighted by Crippen LogP contribution is -2.29. The first-order chi connectivity index (χ1) is 6.37. The van der Waals surface area contributed by atoms with Crippen molar-refractivity contribution in [2.75, 3.05) is 11.9 Å². The van der Waals surface area contributed by atoms with Crippen molar-refractivity contribution in [1.82, 2.24) is 0 Å². The van der Waals surface area contributed by atoms with E-state index in [4.69, 9.17) is 0 Å². The summed E-state index contributed by atoms with van der Waals surface area (Å²) in [6.07, 6.45) is 0. The molecule has 0 heterocycles. The summed E-state index contributed by atoms with van der Waals surface area (Å²) < 4.78 is 1.05. The van der Waals surface area contributed by atoms with E-state index < -0.39 is 5.60 Å². The van der Waals surface area contributed by atoms with Gasteiger partial charge in [-0.3, -0.25) is 0 Å². The molecule has 1 aromatic rings. The average Bonchev–Trinajstić information content (AvgIpc) is 1.97. The highest BCUT2D eigenvalue weighted by Crippen LogP contribution is 2.19. The molecule has 0 saturated heterocycles. The van der Waals surface area contributed by atoms with Crippen molar-refractivity contribution in [3.8, 4) is 0 Å². The highest BCUT2D eigenvalue weighted by molar-refractivity contribution is 9.10. The minimum atomic E-state index is -0.684. The van der Waals surface area contributed by atoms with Crippen molar-refractivity contribution in [2.45, 2.75) is 26.4 Å². The molecule has 0 saturated carbocycles. The molecule has 0 bridgehead atoms. The molecule has 0 aromatic heterocycles. The summed E-state index contributed by atoms with van der Waals surface area (Å²) >= 11 is 3.43. The topological polar surface area (TPSA) is 32.3 Å². The van der Waals surface area contributed by atoms with E-state index >= 15 is 0 Å². The number of halogens is 1. The maximum absolute atomic E-state index is 9.54. The molecule has 0 atom stereocenters. The normalized spacial score (nSPS) is 11.5. The molecule has 0 aliphatic heterocycles. The van der Waals surface area contributed by atoms with Gasteiger partial charge in [0, 0.05) is 16.7 Å². The Kier molecular flexibility index (Phi) is 3.56. The number of aliphatic hydroxyl groups is 1. The van der Waals surface area contributed by atoms with Crippen LogP contribution in [0.5, 0.6) is 0 Å². The molecule has 14 heavy (non-hydrogen) atoms. The first-order valence-electron chi connectivity index (χ1n) is 4.60. The predicted octanol–water partition coefficient (Wildman–Crippen LogP) is 2.94. The summed E-state index contributed by atoms with van der Waals surface area (Å²) in [5.74, 6) is 0. The van der Waals surface area contributed by atoms with Gasteiger partial charge in [0.15, 0.2) is 0 Å². The Bertz CT molecular complexity index is 297. The highest BCUT2D eigenvalue weighted by Gasteiger charge is 2.11. The van der Waals surface area contributed by atoms with Crippen LogP contribution in [0.1, 0.15) is 19.4 Å². The minimum absolute atomic E-state index is 0.545. The monoisotopic (exact) mass is 257 g/mol. The second kappa shape index (κ2) is 4.32. The van der Waals surface area contributed by atoms with E-state index in [2.05, 4.69) is 33.4 Å². The summed E-state index contributed by atoms with van der Waals surface area (Å²) in [7, 11) is 0. The molecule has 0 spiro atoms. The molecular weight excluding hydrogens is 242 g/mol. The van der Waals surface area contributed by atoms with Crippen LogP contribution in [-0.2, 0) is 0 Å². The zero-order valence-electron chi connectivity index (χ0n) is 8.76. The van der Waals surface area contributed by atoms with E-state index in [1.165, 1.54) is 5.56 Å². The third-order valence-electron chi connectivity index (χ3n) is 1.77. The van der Waals surface area contributed by atoms with Crippen LogP contribution in [0.3, 0.4) is 0 Å². The molecule has 0 aliphatic carbocycles. The zero-order chi connectivity index (χ0) is 10.8. The fourth-order valence-electron chi connectivity index (χ4n) is 1.16. The molecule has 78 valence electrons. The van der Waals surface area contributed by atoms with Gasteiger partial charge in [-0.25, -0.2) is 0 Å². The molecule has 2 nitrogen and oxygen atoms in total. The molecule has 0 amide bonds. The molecule has 0 unspecified atom stereocenters.